The molecule has 4 aromatic carbocycles. The van der Waals surface area contributed by atoms with Crippen LogP contribution in [0.25, 0.3) is 0 Å². The summed E-state index contributed by atoms with van der Waals surface area (Å²) >= 11 is 0. The summed E-state index contributed by atoms with van der Waals surface area (Å²) in [5.41, 5.74) is 5.56. The average molecular weight is 571 g/mol. The molecule has 0 unspecified atom stereocenters. The summed E-state index contributed by atoms with van der Waals surface area (Å²) in [6, 6.07) is 30.8. The number of benzene rings is 4. The lowest BCUT2D eigenvalue weighted by atomic mass is 9.47. The van der Waals surface area contributed by atoms with Crippen molar-refractivity contribution in [3.63, 3.8) is 0 Å². The lowest BCUT2D eigenvalue weighted by Crippen LogP contribution is -2.54. The number of amides is 3. The molecule has 2 bridgehead atoms. The van der Waals surface area contributed by atoms with Crippen molar-refractivity contribution < 1.29 is 19.3 Å². The first kappa shape index (κ1) is 26.5. The van der Waals surface area contributed by atoms with Gasteiger partial charge in [-0.2, -0.15) is 5.10 Å². The number of anilines is 1. The Morgan fingerprint density at radius 2 is 1.47 bits per heavy atom. The zero-order valence-corrected chi connectivity index (χ0v) is 22.9. The van der Waals surface area contributed by atoms with Crippen molar-refractivity contribution in [2.24, 2.45) is 16.9 Å². The van der Waals surface area contributed by atoms with Crippen LogP contribution in [-0.2, 0) is 26.2 Å². The monoisotopic (exact) mass is 570 g/mol. The minimum absolute atomic E-state index is 0.0503. The second-order valence-electron chi connectivity index (χ2n) is 11.1. The molecule has 9 nitrogen and oxygen atoms in total. The number of para-hydroxylation sites is 2. The molecular formula is C34H26N4O5. The fourth-order valence-corrected chi connectivity index (χ4v) is 7.26. The van der Waals surface area contributed by atoms with E-state index in [4.69, 9.17) is 0 Å². The molecule has 8 rings (SSSR count). The van der Waals surface area contributed by atoms with Crippen molar-refractivity contribution in [2.45, 2.75) is 24.2 Å². The molecule has 4 aromatic rings. The van der Waals surface area contributed by atoms with Crippen LogP contribution in [0.1, 0.15) is 40.2 Å². The first-order valence-corrected chi connectivity index (χ1v) is 14.1. The SMILES string of the molecule is O=C(CCc1ccccc1)N/N=C\C12c3ccccc3C(c3ccccc31)[C@@H]1C(=O)N(c3ccccc3[N+](=O)[O-])C(=O)[C@@H]12. The predicted molar refractivity (Wildman–Crippen MR) is 159 cm³/mol. The Morgan fingerprint density at radius 3 is 2.14 bits per heavy atom. The molecule has 0 spiro atoms. The first-order chi connectivity index (χ1) is 20.9. The average Bonchev–Trinajstić information content (AvgIpc) is 3.31. The maximum atomic E-state index is 14.4. The highest BCUT2D eigenvalue weighted by Crippen LogP contribution is 2.63. The molecule has 1 saturated heterocycles. The van der Waals surface area contributed by atoms with Gasteiger partial charge in [0.15, 0.2) is 0 Å². The molecule has 3 aliphatic carbocycles. The summed E-state index contributed by atoms with van der Waals surface area (Å²) in [6.45, 7) is 0. The van der Waals surface area contributed by atoms with Gasteiger partial charge in [0.25, 0.3) is 5.69 Å². The molecule has 0 radical (unpaired) electrons. The van der Waals surface area contributed by atoms with Gasteiger partial charge >= 0.3 is 0 Å². The van der Waals surface area contributed by atoms with Crippen molar-refractivity contribution >= 4 is 35.3 Å². The molecule has 1 N–H and O–H groups in total. The van der Waals surface area contributed by atoms with Gasteiger partial charge in [-0.05, 0) is 40.3 Å². The summed E-state index contributed by atoms with van der Waals surface area (Å²) in [5.74, 6) is -3.44. The Kier molecular flexibility index (Phi) is 6.23. The van der Waals surface area contributed by atoms with Gasteiger partial charge < -0.3 is 0 Å². The third-order valence-electron chi connectivity index (χ3n) is 8.94. The van der Waals surface area contributed by atoms with E-state index >= 15 is 0 Å². The summed E-state index contributed by atoms with van der Waals surface area (Å²) in [6.07, 6.45) is 2.36. The highest BCUT2D eigenvalue weighted by atomic mass is 16.6. The Hall–Kier alpha value is -5.44. The van der Waals surface area contributed by atoms with E-state index in [-0.39, 0.29) is 23.7 Å². The maximum absolute atomic E-state index is 14.4. The third-order valence-corrected chi connectivity index (χ3v) is 8.94. The molecule has 4 aliphatic rings. The molecule has 1 aliphatic heterocycles. The summed E-state index contributed by atoms with van der Waals surface area (Å²) < 4.78 is 0. The number of nitrogens with one attached hydrogen (secondary N) is 1. The van der Waals surface area contributed by atoms with Gasteiger partial charge in [-0.25, -0.2) is 10.3 Å². The molecule has 3 amide bonds. The highest BCUT2D eigenvalue weighted by molar-refractivity contribution is 6.25. The van der Waals surface area contributed by atoms with E-state index < -0.39 is 39.9 Å². The number of hydrazone groups is 1. The third kappa shape index (κ3) is 3.92. The van der Waals surface area contributed by atoms with Crippen molar-refractivity contribution in [2.75, 3.05) is 4.90 Å². The minimum atomic E-state index is -1.19. The Morgan fingerprint density at radius 1 is 0.860 bits per heavy atom. The highest BCUT2D eigenvalue weighted by Gasteiger charge is 2.68. The van der Waals surface area contributed by atoms with E-state index in [1.807, 2.05) is 78.9 Å². The van der Waals surface area contributed by atoms with E-state index in [1.165, 1.54) is 18.2 Å². The molecule has 0 saturated carbocycles. The van der Waals surface area contributed by atoms with Crippen LogP contribution in [0.15, 0.2) is 108 Å². The zero-order chi connectivity index (χ0) is 29.7. The van der Waals surface area contributed by atoms with Gasteiger partial charge in [-0.1, -0.05) is 91.0 Å². The predicted octanol–water partition coefficient (Wildman–Crippen LogP) is 4.88. The molecule has 0 aromatic heterocycles. The van der Waals surface area contributed by atoms with Crippen LogP contribution >= 0.6 is 0 Å². The number of hydrogen-bond acceptors (Lipinski definition) is 6. The van der Waals surface area contributed by atoms with Crippen LogP contribution in [0.2, 0.25) is 0 Å². The van der Waals surface area contributed by atoms with E-state index in [2.05, 4.69) is 10.5 Å². The largest absolute Gasteiger partial charge is 0.293 e. The second-order valence-corrected chi connectivity index (χ2v) is 11.1. The van der Waals surface area contributed by atoms with Gasteiger partial charge in [0.1, 0.15) is 5.69 Å². The first-order valence-electron chi connectivity index (χ1n) is 14.1. The molecule has 9 heteroatoms. The number of aryl methyl sites for hydroxylation is 1. The fraction of sp³-hybridized carbons (Fsp3) is 0.176. The van der Waals surface area contributed by atoms with Gasteiger partial charge in [0.05, 0.1) is 22.2 Å². The van der Waals surface area contributed by atoms with E-state index in [9.17, 15) is 24.5 Å². The van der Waals surface area contributed by atoms with Crippen LogP contribution in [0.4, 0.5) is 11.4 Å². The number of carbonyl (C=O) groups is 3. The van der Waals surface area contributed by atoms with Crippen LogP contribution < -0.4 is 10.3 Å². The van der Waals surface area contributed by atoms with Crippen molar-refractivity contribution in [1.29, 1.82) is 0 Å². The standard InChI is InChI=1S/C34H26N4O5/c39-28(19-18-21-10-2-1-3-11-21)36-35-20-34-24-14-6-4-12-22(24)29(23-13-5-7-15-25(23)34)30-31(34)33(41)37(32(30)40)26-16-8-9-17-27(26)38(42)43/h1-17,20,29-31H,18-19H2,(H,36,39)/b35-20-/t29?,30-,31+,34?/m0/s1. The Labute approximate surface area is 247 Å². The molecule has 1 fully saturated rings. The van der Waals surface area contributed by atoms with E-state index in [0.29, 0.717) is 6.42 Å². The zero-order valence-electron chi connectivity index (χ0n) is 22.9. The number of hydrogen-bond donors (Lipinski definition) is 1. The summed E-state index contributed by atoms with van der Waals surface area (Å²) in [5, 5.41) is 16.3. The lowest BCUT2D eigenvalue weighted by Gasteiger charge is -2.52. The van der Waals surface area contributed by atoms with E-state index in [1.54, 1.807) is 12.3 Å². The van der Waals surface area contributed by atoms with Crippen molar-refractivity contribution in [3.8, 4) is 0 Å². The summed E-state index contributed by atoms with van der Waals surface area (Å²) in [4.78, 5) is 53.8. The molecular weight excluding hydrogens is 544 g/mol. The quantitative estimate of drug-likeness (QED) is 0.147. The topological polar surface area (TPSA) is 122 Å². The maximum Gasteiger partial charge on any atom is 0.293 e. The summed E-state index contributed by atoms with van der Waals surface area (Å²) in [7, 11) is 0. The van der Waals surface area contributed by atoms with Crippen molar-refractivity contribution in [3.05, 3.63) is 141 Å². The second kappa shape index (κ2) is 10.1. The van der Waals surface area contributed by atoms with Crippen LogP contribution in [0, 0.1) is 22.0 Å². The normalized spacial score (nSPS) is 23.2. The van der Waals surface area contributed by atoms with Gasteiger partial charge in [-0.3, -0.25) is 24.5 Å². The van der Waals surface area contributed by atoms with Gasteiger partial charge in [-0.15, -0.1) is 0 Å². The lowest BCUT2D eigenvalue weighted by molar-refractivity contribution is -0.384. The van der Waals surface area contributed by atoms with Crippen LogP contribution in [-0.4, -0.2) is 28.9 Å². The molecule has 2 atom stereocenters. The van der Waals surface area contributed by atoms with Gasteiger partial charge in [0, 0.05) is 24.6 Å². The van der Waals surface area contributed by atoms with Crippen LogP contribution in [0.3, 0.4) is 0 Å². The number of nitro groups is 1. The Bertz CT molecular complexity index is 1790. The number of rotatable bonds is 7. The smallest absolute Gasteiger partial charge is 0.274 e. The molecule has 1 heterocycles. The van der Waals surface area contributed by atoms with E-state index in [0.717, 1.165) is 32.7 Å². The van der Waals surface area contributed by atoms with Crippen LogP contribution in [0.5, 0.6) is 0 Å². The molecule has 43 heavy (non-hydrogen) atoms. The fourth-order valence-electron chi connectivity index (χ4n) is 7.26. The number of nitrogens with zero attached hydrogens (tertiary/aromatic N) is 3. The Balaban J connectivity index is 1.33. The van der Waals surface area contributed by atoms with Crippen molar-refractivity contribution in [1.82, 2.24) is 5.43 Å². The molecule has 212 valence electrons. The minimum Gasteiger partial charge on any atom is -0.274 e. The number of carbonyl (C=O) groups excluding carboxylic acids is 3. The number of imide groups is 1. The number of nitro benzene ring substituents is 1. The van der Waals surface area contributed by atoms with Gasteiger partial charge in [0.2, 0.25) is 17.7 Å².